The van der Waals surface area contributed by atoms with Gasteiger partial charge in [0.25, 0.3) is 0 Å². The number of nitrogens with zero attached hydrogens (tertiary/aromatic N) is 2. The molecule has 8 nitrogen and oxygen atoms in total. The number of aromatic nitrogens is 2. The quantitative estimate of drug-likeness (QED) is 0.745. The molecule has 2 unspecified atom stereocenters. The number of imidazole rings is 1. The van der Waals surface area contributed by atoms with Crippen LogP contribution in [-0.4, -0.2) is 38.9 Å². The van der Waals surface area contributed by atoms with Gasteiger partial charge in [-0.25, -0.2) is 9.78 Å². The Balaban J connectivity index is 1.86. The lowest BCUT2D eigenvalue weighted by molar-refractivity contribution is -0.137. The Morgan fingerprint density at radius 1 is 1.44 bits per heavy atom. The van der Waals surface area contributed by atoms with Gasteiger partial charge in [0.2, 0.25) is 0 Å². The lowest BCUT2D eigenvalue weighted by Gasteiger charge is -2.32. The molecule has 0 aliphatic carbocycles. The van der Waals surface area contributed by atoms with Gasteiger partial charge in [-0.2, -0.15) is 0 Å². The van der Waals surface area contributed by atoms with Crippen LogP contribution in [0.25, 0.3) is 11.3 Å². The normalized spacial score (nSPS) is 18.5. The van der Waals surface area contributed by atoms with E-state index in [0.29, 0.717) is 5.69 Å². The molecule has 1 aliphatic rings. The minimum atomic E-state index is -0.921. The van der Waals surface area contributed by atoms with Crippen LogP contribution >= 0.6 is 0 Å². The monoisotopic (exact) mass is 372 g/mol. The number of carbonyl (C=O) groups is 2. The van der Waals surface area contributed by atoms with Gasteiger partial charge in [0.05, 0.1) is 24.2 Å². The van der Waals surface area contributed by atoms with Crippen molar-refractivity contribution in [1.29, 1.82) is 0 Å². The van der Waals surface area contributed by atoms with Gasteiger partial charge in [0.15, 0.2) is 0 Å². The van der Waals surface area contributed by atoms with Gasteiger partial charge in [-0.05, 0) is 44.9 Å². The molecule has 0 fully saturated rings. The molecule has 144 valence electrons. The highest BCUT2D eigenvalue weighted by atomic mass is 16.6. The largest absolute Gasteiger partial charge is 0.480 e. The molecule has 1 aromatic heterocycles. The van der Waals surface area contributed by atoms with Crippen LogP contribution in [0, 0.1) is 0 Å². The van der Waals surface area contributed by atoms with Gasteiger partial charge in [0, 0.05) is 23.5 Å². The standard InChI is InChI=1S/C19H24N4O4/c1-11(2)27-19(26)22-16-6-12(3)21-15-5-4-13(7-14(15)16)17-8-23(10-20-17)9-18(24)25/h4-5,7-8,10-12,16,21H,6,9H2,1-3H3,(H,22,26)(H,24,25). The fraction of sp³-hybridized carbons (Fsp3) is 0.421. The summed E-state index contributed by atoms with van der Waals surface area (Å²) in [6, 6.07) is 5.90. The van der Waals surface area contributed by atoms with Crippen molar-refractivity contribution in [2.45, 2.75) is 51.9 Å². The van der Waals surface area contributed by atoms with Gasteiger partial charge in [-0.15, -0.1) is 0 Å². The topological polar surface area (TPSA) is 105 Å². The number of aliphatic carboxylic acids is 1. The maximum Gasteiger partial charge on any atom is 0.407 e. The van der Waals surface area contributed by atoms with Crippen LogP contribution in [0.15, 0.2) is 30.7 Å². The summed E-state index contributed by atoms with van der Waals surface area (Å²) in [7, 11) is 0. The van der Waals surface area contributed by atoms with Crippen LogP contribution in [0.1, 0.15) is 38.8 Å². The summed E-state index contributed by atoms with van der Waals surface area (Å²) in [4.78, 5) is 27.2. The molecule has 0 saturated carbocycles. The molecule has 0 radical (unpaired) electrons. The molecule has 3 N–H and O–H groups in total. The van der Waals surface area contributed by atoms with Gasteiger partial charge in [-0.3, -0.25) is 4.79 Å². The highest BCUT2D eigenvalue weighted by Gasteiger charge is 2.27. The molecule has 0 saturated heterocycles. The predicted molar refractivity (Wildman–Crippen MR) is 100 cm³/mol. The lowest BCUT2D eigenvalue weighted by Crippen LogP contribution is -2.37. The number of carbonyl (C=O) groups excluding carboxylic acids is 1. The average molecular weight is 372 g/mol. The number of rotatable bonds is 5. The molecule has 1 amide bonds. The predicted octanol–water partition coefficient (Wildman–Crippen LogP) is 3.01. The molecule has 8 heteroatoms. The summed E-state index contributed by atoms with van der Waals surface area (Å²) in [6.45, 7) is 5.55. The van der Waals surface area contributed by atoms with E-state index in [1.165, 1.54) is 10.9 Å². The summed E-state index contributed by atoms with van der Waals surface area (Å²) in [5.41, 5.74) is 3.45. The number of hydrogen-bond acceptors (Lipinski definition) is 5. The number of hydrogen-bond donors (Lipinski definition) is 3. The molecule has 0 bridgehead atoms. The molecule has 27 heavy (non-hydrogen) atoms. The van der Waals surface area contributed by atoms with E-state index in [-0.39, 0.29) is 24.7 Å². The van der Waals surface area contributed by atoms with Crippen LogP contribution in [-0.2, 0) is 16.1 Å². The Hall–Kier alpha value is -3.03. The van der Waals surface area contributed by atoms with E-state index in [2.05, 4.69) is 22.5 Å². The third-order valence-corrected chi connectivity index (χ3v) is 4.30. The first kappa shape index (κ1) is 18.8. The van der Waals surface area contributed by atoms with Gasteiger partial charge < -0.3 is 25.0 Å². The highest BCUT2D eigenvalue weighted by molar-refractivity contribution is 5.72. The molecular formula is C19H24N4O4. The molecule has 2 heterocycles. The number of fused-ring (bicyclic) bond motifs is 1. The summed E-state index contributed by atoms with van der Waals surface area (Å²) < 4.78 is 6.74. The fourth-order valence-corrected chi connectivity index (χ4v) is 3.23. The van der Waals surface area contributed by atoms with Crippen LogP contribution in [0.4, 0.5) is 10.5 Å². The summed E-state index contributed by atoms with van der Waals surface area (Å²) in [6.07, 6.45) is 3.31. The van der Waals surface area contributed by atoms with E-state index in [9.17, 15) is 9.59 Å². The summed E-state index contributed by atoms with van der Waals surface area (Å²) in [5.74, 6) is -0.921. The van der Waals surface area contributed by atoms with Crippen molar-refractivity contribution >= 4 is 17.7 Å². The van der Waals surface area contributed by atoms with E-state index in [0.717, 1.165) is 23.2 Å². The Labute approximate surface area is 157 Å². The van der Waals surface area contributed by atoms with Gasteiger partial charge in [0.1, 0.15) is 6.54 Å². The zero-order chi connectivity index (χ0) is 19.6. The van der Waals surface area contributed by atoms with Crippen LogP contribution in [0.2, 0.25) is 0 Å². The van der Waals surface area contributed by atoms with Crippen LogP contribution < -0.4 is 10.6 Å². The number of carboxylic acid groups (broad SMARTS) is 1. The maximum atomic E-state index is 12.1. The Morgan fingerprint density at radius 3 is 2.93 bits per heavy atom. The fourth-order valence-electron chi connectivity index (χ4n) is 3.23. The Bertz CT molecular complexity index is 846. The van der Waals surface area contributed by atoms with Crippen LogP contribution in [0.5, 0.6) is 0 Å². The Morgan fingerprint density at radius 2 is 2.22 bits per heavy atom. The molecule has 3 rings (SSSR count). The van der Waals surface area contributed by atoms with Crippen molar-refractivity contribution in [3.8, 4) is 11.3 Å². The molecule has 2 aromatic rings. The zero-order valence-corrected chi connectivity index (χ0v) is 15.6. The minimum absolute atomic E-state index is 0.137. The van der Waals surface area contributed by atoms with E-state index < -0.39 is 12.1 Å². The minimum Gasteiger partial charge on any atom is -0.480 e. The molecule has 1 aliphatic heterocycles. The second-order valence-corrected chi connectivity index (χ2v) is 7.06. The van der Waals surface area contributed by atoms with E-state index in [1.54, 1.807) is 6.20 Å². The highest BCUT2D eigenvalue weighted by Crippen LogP contribution is 2.35. The molecule has 1 aromatic carbocycles. The van der Waals surface area contributed by atoms with E-state index in [1.807, 2.05) is 32.0 Å². The number of anilines is 1. The summed E-state index contributed by atoms with van der Waals surface area (Å²) in [5, 5.41) is 15.3. The van der Waals surface area contributed by atoms with Crippen LogP contribution in [0.3, 0.4) is 0 Å². The molecule has 0 spiro atoms. The number of ether oxygens (including phenoxy) is 1. The maximum absolute atomic E-state index is 12.1. The number of nitrogens with one attached hydrogen (secondary N) is 2. The number of amides is 1. The summed E-state index contributed by atoms with van der Waals surface area (Å²) >= 11 is 0. The van der Waals surface area contributed by atoms with E-state index in [4.69, 9.17) is 9.84 Å². The Kier molecular flexibility index (Phi) is 5.34. The van der Waals surface area contributed by atoms with Crippen molar-refractivity contribution in [2.75, 3.05) is 5.32 Å². The van der Waals surface area contributed by atoms with Crippen molar-refractivity contribution in [3.05, 3.63) is 36.3 Å². The van der Waals surface area contributed by atoms with Crippen molar-refractivity contribution in [1.82, 2.24) is 14.9 Å². The number of carboxylic acids is 1. The second kappa shape index (κ2) is 7.69. The smallest absolute Gasteiger partial charge is 0.407 e. The average Bonchev–Trinajstić information content (AvgIpc) is 3.01. The van der Waals surface area contributed by atoms with Crippen molar-refractivity contribution in [2.24, 2.45) is 0 Å². The SMILES string of the molecule is CC1CC(NC(=O)OC(C)C)c2cc(-c3cn(CC(=O)O)cn3)ccc2N1. The molecular weight excluding hydrogens is 348 g/mol. The van der Waals surface area contributed by atoms with Gasteiger partial charge >= 0.3 is 12.1 Å². The van der Waals surface area contributed by atoms with Crippen molar-refractivity contribution < 1.29 is 19.4 Å². The molecule has 2 atom stereocenters. The van der Waals surface area contributed by atoms with Crippen molar-refractivity contribution in [3.63, 3.8) is 0 Å². The third-order valence-electron chi connectivity index (χ3n) is 4.30. The zero-order valence-electron chi connectivity index (χ0n) is 15.6. The lowest BCUT2D eigenvalue weighted by atomic mass is 9.92. The first-order valence-electron chi connectivity index (χ1n) is 8.93. The first-order valence-corrected chi connectivity index (χ1v) is 8.93. The number of benzene rings is 1. The first-order chi connectivity index (χ1) is 12.8. The second-order valence-electron chi connectivity index (χ2n) is 7.06. The third kappa shape index (κ3) is 4.58. The van der Waals surface area contributed by atoms with E-state index >= 15 is 0 Å². The number of alkyl carbamates (subject to hydrolysis) is 1. The van der Waals surface area contributed by atoms with Gasteiger partial charge in [-0.1, -0.05) is 6.07 Å².